The number of alkyl halides is 1. The maximum Gasteiger partial charge on any atom is 0.225 e. The number of halogens is 1. The molecule has 3 heteroatoms. The van der Waals surface area contributed by atoms with Gasteiger partial charge in [-0.25, -0.2) is 0 Å². The van der Waals surface area contributed by atoms with Gasteiger partial charge in [0.05, 0.1) is 0 Å². The van der Waals surface area contributed by atoms with Crippen LogP contribution in [0.4, 0.5) is 0 Å². The van der Waals surface area contributed by atoms with Crippen LogP contribution in [0.25, 0.3) is 0 Å². The van der Waals surface area contributed by atoms with Crippen LogP contribution in [0.2, 0.25) is 0 Å². The standard InChI is InChI=1S/C12H22ClNO/c1-10(13)6-5-9-14-11(15)12(2)7-3-4-8-12/h10H,3-9H2,1-2H3,(H,14,15). The van der Waals surface area contributed by atoms with E-state index in [1.165, 1.54) is 12.8 Å². The average molecular weight is 232 g/mol. The highest BCUT2D eigenvalue weighted by atomic mass is 35.5. The number of hydrogen-bond donors (Lipinski definition) is 1. The third-order valence-corrected chi connectivity index (χ3v) is 3.54. The SMILES string of the molecule is CC(Cl)CCCNC(=O)C1(C)CCCC1. The molecule has 0 bridgehead atoms. The molecule has 2 nitrogen and oxygen atoms in total. The summed E-state index contributed by atoms with van der Waals surface area (Å²) in [6.45, 7) is 4.84. The van der Waals surface area contributed by atoms with Crippen molar-refractivity contribution in [3.8, 4) is 0 Å². The fourth-order valence-corrected chi connectivity index (χ4v) is 2.34. The van der Waals surface area contributed by atoms with Crippen molar-refractivity contribution in [3.63, 3.8) is 0 Å². The zero-order valence-electron chi connectivity index (χ0n) is 9.81. The normalized spacial score (nSPS) is 21.3. The minimum absolute atomic E-state index is 0.0907. The molecular weight excluding hydrogens is 210 g/mol. The van der Waals surface area contributed by atoms with Crippen molar-refractivity contribution in [2.45, 2.75) is 57.7 Å². The van der Waals surface area contributed by atoms with Gasteiger partial charge >= 0.3 is 0 Å². The largest absolute Gasteiger partial charge is 0.356 e. The lowest BCUT2D eigenvalue weighted by Gasteiger charge is -2.22. The number of hydrogen-bond acceptors (Lipinski definition) is 1. The highest BCUT2D eigenvalue weighted by Gasteiger charge is 2.35. The maximum atomic E-state index is 11.9. The first kappa shape index (κ1) is 12.8. The topological polar surface area (TPSA) is 29.1 Å². The van der Waals surface area contributed by atoms with Crippen molar-refractivity contribution in [2.24, 2.45) is 5.41 Å². The molecule has 0 radical (unpaired) electrons. The molecule has 0 aromatic heterocycles. The quantitative estimate of drug-likeness (QED) is 0.572. The van der Waals surface area contributed by atoms with E-state index in [2.05, 4.69) is 12.2 Å². The molecule has 1 aliphatic rings. The Hall–Kier alpha value is -0.240. The average Bonchev–Trinajstić information content (AvgIpc) is 2.60. The molecule has 0 spiro atoms. The minimum atomic E-state index is -0.0907. The summed E-state index contributed by atoms with van der Waals surface area (Å²) in [5.74, 6) is 0.238. The second-order valence-electron chi connectivity index (χ2n) is 4.95. The molecule has 1 aliphatic carbocycles. The minimum Gasteiger partial charge on any atom is -0.356 e. The molecule has 0 heterocycles. The summed E-state index contributed by atoms with van der Waals surface area (Å²) in [5.41, 5.74) is -0.0907. The van der Waals surface area contributed by atoms with Crippen LogP contribution >= 0.6 is 11.6 Å². The highest BCUT2D eigenvalue weighted by Crippen LogP contribution is 2.37. The van der Waals surface area contributed by atoms with Crippen molar-refractivity contribution in [2.75, 3.05) is 6.54 Å². The summed E-state index contributed by atoms with van der Waals surface area (Å²) in [4.78, 5) is 11.9. The predicted octanol–water partition coefficient (Wildman–Crippen LogP) is 3.09. The van der Waals surface area contributed by atoms with Crippen LogP contribution < -0.4 is 5.32 Å². The van der Waals surface area contributed by atoms with E-state index in [1.54, 1.807) is 0 Å². The number of carbonyl (C=O) groups is 1. The van der Waals surface area contributed by atoms with Crippen LogP contribution in [0, 0.1) is 5.41 Å². The Morgan fingerprint density at radius 3 is 2.60 bits per heavy atom. The third-order valence-electron chi connectivity index (χ3n) is 3.32. The molecule has 1 amide bonds. The van der Waals surface area contributed by atoms with Crippen molar-refractivity contribution in [1.29, 1.82) is 0 Å². The van der Waals surface area contributed by atoms with Crippen LogP contribution in [0.1, 0.15) is 52.4 Å². The molecule has 1 fully saturated rings. The lowest BCUT2D eigenvalue weighted by Crippen LogP contribution is -2.37. The molecule has 0 aliphatic heterocycles. The maximum absolute atomic E-state index is 11.9. The fraction of sp³-hybridized carbons (Fsp3) is 0.917. The molecule has 1 unspecified atom stereocenters. The summed E-state index contributed by atoms with van der Waals surface area (Å²) >= 11 is 5.83. The van der Waals surface area contributed by atoms with E-state index < -0.39 is 0 Å². The van der Waals surface area contributed by atoms with E-state index in [4.69, 9.17) is 11.6 Å². The molecule has 1 rings (SSSR count). The molecule has 88 valence electrons. The number of nitrogens with one attached hydrogen (secondary N) is 1. The van der Waals surface area contributed by atoms with E-state index in [0.29, 0.717) is 0 Å². The Morgan fingerprint density at radius 2 is 2.07 bits per heavy atom. The van der Waals surface area contributed by atoms with E-state index in [9.17, 15) is 4.79 Å². The Balaban J connectivity index is 2.18. The zero-order chi connectivity index (χ0) is 11.3. The van der Waals surface area contributed by atoms with E-state index in [-0.39, 0.29) is 16.7 Å². The molecule has 0 saturated heterocycles. The van der Waals surface area contributed by atoms with Gasteiger partial charge in [-0.3, -0.25) is 4.79 Å². The first-order valence-corrected chi connectivity index (χ1v) is 6.41. The molecule has 15 heavy (non-hydrogen) atoms. The highest BCUT2D eigenvalue weighted by molar-refractivity contribution is 6.20. The van der Waals surface area contributed by atoms with Gasteiger partial charge < -0.3 is 5.32 Å². The van der Waals surface area contributed by atoms with Crippen molar-refractivity contribution in [3.05, 3.63) is 0 Å². The van der Waals surface area contributed by atoms with Gasteiger partial charge in [0.2, 0.25) is 5.91 Å². The van der Waals surface area contributed by atoms with Crippen LogP contribution in [-0.4, -0.2) is 17.8 Å². The summed E-state index contributed by atoms with van der Waals surface area (Å²) in [6, 6.07) is 0. The smallest absolute Gasteiger partial charge is 0.225 e. The van der Waals surface area contributed by atoms with Crippen LogP contribution in [0.3, 0.4) is 0 Å². The zero-order valence-corrected chi connectivity index (χ0v) is 10.6. The van der Waals surface area contributed by atoms with Gasteiger partial charge in [0.1, 0.15) is 0 Å². The van der Waals surface area contributed by atoms with Gasteiger partial charge in [-0.05, 0) is 32.6 Å². The van der Waals surface area contributed by atoms with Crippen LogP contribution in [0.15, 0.2) is 0 Å². The third kappa shape index (κ3) is 4.02. The molecule has 1 N–H and O–H groups in total. The van der Waals surface area contributed by atoms with E-state index >= 15 is 0 Å². The second kappa shape index (κ2) is 5.74. The number of carbonyl (C=O) groups excluding carboxylic acids is 1. The van der Waals surface area contributed by atoms with Crippen LogP contribution in [-0.2, 0) is 4.79 Å². The van der Waals surface area contributed by atoms with Crippen molar-refractivity contribution in [1.82, 2.24) is 5.32 Å². The molecular formula is C12H22ClNO. The van der Waals surface area contributed by atoms with Crippen LogP contribution in [0.5, 0.6) is 0 Å². The lowest BCUT2D eigenvalue weighted by molar-refractivity contribution is -0.129. The summed E-state index contributed by atoms with van der Waals surface area (Å²) in [7, 11) is 0. The van der Waals surface area contributed by atoms with Gasteiger partial charge in [-0.15, -0.1) is 11.6 Å². The van der Waals surface area contributed by atoms with Crippen molar-refractivity contribution >= 4 is 17.5 Å². The first-order chi connectivity index (χ1) is 7.04. The monoisotopic (exact) mass is 231 g/mol. The van der Waals surface area contributed by atoms with Gasteiger partial charge in [0, 0.05) is 17.3 Å². The summed E-state index contributed by atoms with van der Waals surface area (Å²) in [5, 5.41) is 3.23. The van der Waals surface area contributed by atoms with Gasteiger partial charge in [-0.2, -0.15) is 0 Å². The summed E-state index contributed by atoms with van der Waals surface area (Å²) in [6.07, 6.45) is 6.44. The Bertz CT molecular complexity index is 210. The van der Waals surface area contributed by atoms with Gasteiger partial charge in [-0.1, -0.05) is 19.8 Å². The Kier molecular flexibility index (Phi) is 4.91. The molecule has 1 saturated carbocycles. The molecule has 1 atom stereocenters. The van der Waals surface area contributed by atoms with E-state index in [1.807, 2.05) is 6.92 Å². The van der Waals surface area contributed by atoms with Crippen molar-refractivity contribution < 1.29 is 4.79 Å². The van der Waals surface area contributed by atoms with Gasteiger partial charge in [0.15, 0.2) is 0 Å². The Morgan fingerprint density at radius 1 is 1.47 bits per heavy atom. The Labute approximate surface area is 97.8 Å². The molecule has 0 aromatic rings. The number of amides is 1. The number of rotatable bonds is 5. The molecule has 0 aromatic carbocycles. The summed E-state index contributed by atoms with van der Waals surface area (Å²) < 4.78 is 0. The second-order valence-corrected chi connectivity index (χ2v) is 5.69. The lowest BCUT2D eigenvalue weighted by atomic mass is 9.88. The first-order valence-electron chi connectivity index (χ1n) is 5.97. The predicted molar refractivity (Wildman–Crippen MR) is 64.1 cm³/mol. The van der Waals surface area contributed by atoms with Gasteiger partial charge in [0.25, 0.3) is 0 Å². The van der Waals surface area contributed by atoms with E-state index in [0.717, 1.165) is 32.2 Å². The fourth-order valence-electron chi connectivity index (χ4n) is 2.18.